The van der Waals surface area contributed by atoms with Crippen molar-refractivity contribution in [2.75, 3.05) is 13.2 Å². The summed E-state index contributed by atoms with van der Waals surface area (Å²) in [5, 5.41) is 0. The molecule has 0 spiro atoms. The van der Waals surface area contributed by atoms with Crippen LogP contribution in [-0.4, -0.2) is 37.2 Å². The molecule has 68 heavy (non-hydrogen) atoms. The standard InChI is InChI=1S/C62H114O6/c1-4-7-10-13-15-17-19-20-21-22-23-24-25-26-27-28-29-30-31-32-33-34-35-36-37-38-39-40-41-42-43-45-46-49-52-55-61(64)67-58-59(57-66-60(63)54-51-48-12-9-6-3)68-62(65)56-53-50-47-44-18-16-14-11-8-5-2/h11,14,19-20,22-23,59H,4-10,12-13,15-18,21,24-58H2,1-3H3/b14-11-,20-19-,23-22-. The highest BCUT2D eigenvalue weighted by Gasteiger charge is 2.19. The molecule has 0 radical (unpaired) electrons. The van der Waals surface area contributed by atoms with Crippen LogP contribution in [0.1, 0.15) is 323 Å². The maximum atomic E-state index is 12.7. The summed E-state index contributed by atoms with van der Waals surface area (Å²) >= 11 is 0. The lowest BCUT2D eigenvalue weighted by Gasteiger charge is -2.18. The Morgan fingerprint density at radius 1 is 0.294 bits per heavy atom. The van der Waals surface area contributed by atoms with E-state index in [2.05, 4.69) is 57.2 Å². The van der Waals surface area contributed by atoms with Crippen molar-refractivity contribution >= 4 is 17.9 Å². The number of carbonyl (C=O) groups excluding carboxylic acids is 3. The quantitative estimate of drug-likeness (QED) is 0.0262. The number of ether oxygens (including phenoxy) is 3. The highest BCUT2D eigenvalue weighted by atomic mass is 16.6. The van der Waals surface area contributed by atoms with Crippen LogP contribution in [0.15, 0.2) is 36.5 Å². The predicted molar refractivity (Wildman–Crippen MR) is 293 cm³/mol. The molecule has 0 amide bonds. The molecule has 0 bridgehead atoms. The van der Waals surface area contributed by atoms with Crippen LogP contribution >= 0.6 is 0 Å². The van der Waals surface area contributed by atoms with Crippen LogP contribution in [0.3, 0.4) is 0 Å². The van der Waals surface area contributed by atoms with Gasteiger partial charge in [-0.2, -0.15) is 0 Å². The minimum Gasteiger partial charge on any atom is -0.462 e. The summed E-state index contributed by atoms with van der Waals surface area (Å²) in [6, 6.07) is 0. The lowest BCUT2D eigenvalue weighted by Crippen LogP contribution is -2.30. The topological polar surface area (TPSA) is 78.9 Å². The van der Waals surface area contributed by atoms with Crippen molar-refractivity contribution < 1.29 is 28.6 Å². The Bertz CT molecular complexity index is 1140. The zero-order valence-corrected chi connectivity index (χ0v) is 45.6. The molecule has 0 N–H and O–H groups in total. The third-order valence-corrected chi connectivity index (χ3v) is 13.3. The molecule has 6 nitrogen and oxygen atoms in total. The van der Waals surface area contributed by atoms with E-state index in [9.17, 15) is 14.4 Å². The molecule has 0 aliphatic rings. The lowest BCUT2D eigenvalue weighted by molar-refractivity contribution is -0.167. The summed E-state index contributed by atoms with van der Waals surface area (Å²) in [6.07, 6.45) is 69.5. The molecule has 0 aromatic heterocycles. The third-order valence-electron chi connectivity index (χ3n) is 13.3. The molecule has 0 saturated carbocycles. The summed E-state index contributed by atoms with van der Waals surface area (Å²) in [5.74, 6) is -0.886. The van der Waals surface area contributed by atoms with Gasteiger partial charge in [-0.15, -0.1) is 0 Å². The van der Waals surface area contributed by atoms with Gasteiger partial charge in [0, 0.05) is 19.3 Å². The van der Waals surface area contributed by atoms with Gasteiger partial charge in [0.2, 0.25) is 0 Å². The van der Waals surface area contributed by atoms with Crippen molar-refractivity contribution in [2.24, 2.45) is 0 Å². The number of hydrogen-bond acceptors (Lipinski definition) is 6. The van der Waals surface area contributed by atoms with Crippen molar-refractivity contribution in [3.8, 4) is 0 Å². The molecule has 0 aromatic rings. The number of unbranched alkanes of at least 4 members (excludes halogenated alkanes) is 38. The molecule has 0 aliphatic carbocycles. The minimum absolute atomic E-state index is 0.0720. The van der Waals surface area contributed by atoms with Gasteiger partial charge in [-0.3, -0.25) is 14.4 Å². The van der Waals surface area contributed by atoms with Gasteiger partial charge in [0.1, 0.15) is 13.2 Å². The molecule has 1 unspecified atom stereocenters. The first-order valence-electron chi connectivity index (χ1n) is 30.0. The van der Waals surface area contributed by atoms with Gasteiger partial charge < -0.3 is 14.2 Å². The number of esters is 3. The average Bonchev–Trinajstić information content (AvgIpc) is 3.34. The molecular formula is C62H114O6. The van der Waals surface area contributed by atoms with Crippen molar-refractivity contribution in [1.29, 1.82) is 0 Å². The van der Waals surface area contributed by atoms with E-state index < -0.39 is 6.10 Å². The Kier molecular flexibility index (Phi) is 55.2. The Labute approximate surface area is 423 Å². The molecule has 0 saturated heterocycles. The van der Waals surface area contributed by atoms with Gasteiger partial charge in [0.25, 0.3) is 0 Å². The maximum absolute atomic E-state index is 12.7. The van der Waals surface area contributed by atoms with Crippen molar-refractivity contribution in [2.45, 2.75) is 329 Å². The van der Waals surface area contributed by atoms with E-state index in [1.165, 1.54) is 193 Å². The first kappa shape index (κ1) is 65.6. The molecule has 0 aliphatic heterocycles. The average molecular weight is 956 g/mol. The summed E-state index contributed by atoms with van der Waals surface area (Å²) in [5.41, 5.74) is 0. The van der Waals surface area contributed by atoms with E-state index >= 15 is 0 Å². The zero-order valence-electron chi connectivity index (χ0n) is 45.6. The molecule has 398 valence electrons. The second-order valence-electron chi connectivity index (χ2n) is 20.3. The fourth-order valence-corrected chi connectivity index (χ4v) is 8.83. The van der Waals surface area contributed by atoms with Crippen LogP contribution in [-0.2, 0) is 28.6 Å². The molecule has 6 heteroatoms. The zero-order chi connectivity index (χ0) is 49.3. The lowest BCUT2D eigenvalue weighted by atomic mass is 10.0. The number of allylic oxidation sites excluding steroid dienone is 6. The fourth-order valence-electron chi connectivity index (χ4n) is 8.83. The Hall–Kier alpha value is -2.37. The van der Waals surface area contributed by atoms with Gasteiger partial charge in [0.15, 0.2) is 6.10 Å². The van der Waals surface area contributed by atoms with Crippen LogP contribution in [0.4, 0.5) is 0 Å². The van der Waals surface area contributed by atoms with Gasteiger partial charge in [0.05, 0.1) is 0 Å². The summed E-state index contributed by atoms with van der Waals surface area (Å²) in [6.45, 7) is 6.50. The minimum atomic E-state index is -0.767. The second-order valence-corrected chi connectivity index (χ2v) is 20.3. The predicted octanol–water partition coefficient (Wildman–Crippen LogP) is 20.0. The summed E-state index contributed by atoms with van der Waals surface area (Å²) < 4.78 is 16.6. The molecule has 0 heterocycles. The Morgan fingerprint density at radius 3 is 0.882 bits per heavy atom. The SMILES string of the molecule is CCC/C=C\CCCCCCCC(=O)OC(COC(=O)CCCCCCC)COC(=O)CCCCCCCCCCCCCCCCCCCCCCCCC/C=C\C/C=C\CCCCCCC. The molecular weight excluding hydrogens is 841 g/mol. The first-order valence-corrected chi connectivity index (χ1v) is 30.0. The van der Waals surface area contributed by atoms with E-state index in [0.717, 1.165) is 89.9 Å². The maximum Gasteiger partial charge on any atom is 0.306 e. The van der Waals surface area contributed by atoms with Gasteiger partial charge in [-0.1, -0.05) is 269 Å². The molecule has 0 rings (SSSR count). The Balaban J connectivity index is 3.78. The van der Waals surface area contributed by atoms with Gasteiger partial charge in [-0.25, -0.2) is 0 Å². The van der Waals surface area contributed by atoms with E-state index in [0.29, 0.717) is 19.3 Å². The van der Waals surface area contributed by atoms with Crippen molar-refractivity contribution in [3.05, 3.63) is 36.5 Å². The van der Waals surface area contributed by atoms with E-state index in [4.69, 9.17) is 14.2 Å². The van der Waals surface area contributed by atoms with Gasteiger partial charge in [-0.05, 0) is 70.6 Å². The van der Waals surface area contributed by atoms with Crippen LogP contribution in [0.5, 0.6) is 0 Å². The van der Waals surface area contributed by atoms with Crippen LogP contribution in [0.25, 0.3) is 0 Å². The van der Waals surface area contributed by atoms with Crippen LogP contribution < -0.4 is 0 Å². The van der Waals surface area contributed by atoms with Crippen LogP contribution in [0.2, 0.25) is 0 Å². The number of hydrogen-bond donors (Lipinski definition) is 0. The molecule has 1 atom stereocenters. The smallest absolute Gasteiger partial charge is 0.306 e. The second kappa shape index (κ2) is 57.2. The molecule has 0 fully saturated rings. The highest BCUT2D eigenvalue weighted by molar-refractivity contribution is 5.71. The largest absolute Gasteiger partial charge is 0.462 e. The highest BCUT2D eigenvalue weighted by Crippen LogP contribution is 2.17. The number of rotatable bonds is 55. The first-order chi connectivity index (χ1) is 33.5. The fraction of sp³-hybridized carbons (Fsp3) is 0.855. The van der Waals surface area contributed by atoms with Gasteiger partial charge >= 0.3 is 17.9 Å². The monoisotopic (exact) mass is 955 g/mol. The number of carbonyl (C=O) groups is 3. The summed E-state index contributed by atoms with van der Waals surface area (Å²) in [4.78, 5) is 37.6. The van der Waals surface area contributed by atoms with Crippen molar-refractivity contribution in [3.63, 3.8) is 0 Å². The van der Waals surface area contributed by atoms with Crippen molar-refractivity contribution in [1.82, 2.24) is 0 Å². The third kappa shape index (κ3) is 54.6. The molecule has 0 aromatic carbocycles. The van der Waals surface area contributed by atoms with Crippen LogP contribution in [0, 0.1) is 0 Å². The Morgan fingerprint density at radius 2 is 0.559 bits per heavy atom. The van der Waals surface area contributed by atoms with E-state index in [1.54, 1.807) is 0 Å². The van der Waals surface area contributed by atoms with E-state index in [1.807, 2.05) is 0 Å². The summed E-state index contributed by atoms with van der Waals surface area (Å²) in [7, 11) is 0. The normalized spacial score (nSPS) is 12.2. The van der Waals surface area contributed by atoms with E-state index in [-0.39, 0.29) is 31.1 Å².